The van der Waals surface area contributed by atoms with Crippen LogP contribution in [0.2, 0.25) is 0 Å². The third kappa shape index (κ3) is 2.68. The van der Waals surface area contributed by atoms with Crippen molar-refractivity contribution in [2.45, 2.75) is 23.5 Å². The van der Waals surface area contributed by atoms with E-state index in [1.54, 1.807) is 10.4 Å². The predicted molar refractivity (Wildman–Crippen MR) is 89.2 cm³/mol. The van der Waals surface area contributed by atoms with E-state index < -0.39 is 10.0 Å². The normalized spacial score (nSPS) is 27.2. The molecular weight excluding hydrogens is 334 g/mol. The van der Waals surface area contributed by atoms with Gasteiger partial charge in [0.1, 0.15) is 4.90 Å². The molecule has 0 saturated carbocycles. The van der Waals surface area contributed by atoms with E-state index in [1.165, 1.54) is 17.5 Å². The quantitative estimate of drug-likeness (QED) is 0.816. The minimum absolute atomic E-state index is 0.00634. The Hall–Kier alpha value is -1.06. The molecule has 0 radical (unpaired) electrons. The summed E-state index contributed by atoms with van der Waals surface area (Å²) in [7, 11) is -1.53. The largest absolute Gasteiger partial charge is 0.375 e. The molecule has 2 fully saturated rings. The molecule has 0 aromatic carbocycles. The zero-order valence-electron chi connectivity index (χ0n) is 12.9. The van der Waals surface area contributed by atoms with Crippen molar-refractivity contribution >= 4 is 31.6 Å². The maximum Gasteiger partial charge on any atom is 0.245 e. The number of piperidine rings is 1. The van der Waals surface area contributed by atoms with E-state index >= 15 is 0 Å². The summed E-state index contributed by atoms with van der Waals surface area (Å²) >= 11 is 1.51. The average molecular weight is 353 g/mol. The van der Waals surface area contributed by atoms with Crippen LogP contribution in [0.25, 0.3) is 10.2 Å². The van der Waals surface area contributed by atoms with Crippen molar-refractivity contribution < 1.29 is 13.2 Å². The minimum atomic E-state index is -3.55. The van der Waals surface area contributed by atoms with Crippen LogP contribution in [0.1, 0.15) is 6.42 Å². The Labute approximate surface area is 139 Å². The SMILES string of the molecule is CN1CCC2OCCN(S(=O)(=O)c3cnc4ccsc4c3)C2C1. The monoisotopic (exact) mass is 353 g/mol. The lowest BCUT2D eigenvalue weighted by Gasteiger charge is -2.45. The van der Waals surface area contributed by atoms with Crippen molar-refractivity contribution in [3.8, 4) is 0 Å². The van der Waals surface area contributed by atoms with Crippen molar-refractivity contribution in [2.75, 3.05) is 33.3 Å². The number of likely N-dealkylation sites (N-methyl/N-ethyl adjacent to an activating group) is 1. The van der Waals surface area contributed by atoms with E-state index in [-0.39, 0.29) is 17.0 Å². The number of thiophene rings is 1. The maximum atomic E-state index is 13.1. The van der Waals surface area contributed by atoms with Gasteiger partial charge in [-0.3, -0.25) is 4.98 Å². The lowest BCUT2D eigenvalue weighted by atomic mass is 10.0. The first kappa shape index (κ1) is 15.5. The van der Waals surface area contributed by atoms with Crippen LogP contribution < -0.4 is 0 Å². The minimum Gasteiger partial charge on any atom is -0.375 e. The van der Waals surface area contributed by atoms with Gasteiger partial charge in [0.05, 0.1) is 29.0 Å². The summed E-state index contributed by atoms with van der Waals surface area (Å²) in [6, 6.07) is 3.52. The lowest BCUT2D eigenvalue weighted by Crippen LogP contribution is -2.60. The third-order valence-corrected chi connectivity index (χ3v) is 7.36. The molecule has 2 aliphatic heterocycles. The van der Waals surface area contributed by atoms with Crippen molar-refractivity contribution in [2.24, 2.45) is 0 Å². The predicted octanol–water partition coefficient (Wildman–Crippen LogP) is 1.39. The number of morpholine rings is 1. The van der Waals surface area contributed by atoms with Crippen molar-refractivity contribution in [3.63, 3.8) is 0 Å². The molecule has 0 N–H and O–H groups in total. The molecule has 8 heteroatoms. The van der Waals surface area contributed by atoms with Gasteiger partial charge in [-0.05, 0) is 31.0 Å². The van der Waals surface area contributed by atoms with Crippen molar-refractivity contribution in [3.05, 3.63) is 23.7 Å². The Balaban J connectivity index is 1.71. The number of hydrogen-bond acceptors (Lipinski definition) is 6. The van der Waals surface area contributed by atoms with E-state index in [0.717, 1.165) is 23.2 Å². The fourth-order valence-electron chi connectivity index (χ4n) is 3.40. The highest BCUT2D eigenvalue weighted by molar-refractivity contribution is 7.89. The molecule has 0 amide bonds. The lowest BCUT2D eigenvalue weighted by molar-refractivity contribution is -0.0719. The zero-order valence-corrected chi connectivity index (χ0v) is 14.5. The van der Waals surface area contributed by atoms with Crippen LogP contribution in [-0.2, 0) is 14.8 Å². The number of rotatable bonds is 2. The van der Waals surface area contributed by atoms with E-state index in [4.69, 9.17) is 4.74 Å². The van der Waals surface area contributed by atoms with Crippen molar-refractivity contribution in [1.29, 1.82) is 0 Å². The van der Waals surface area contributed by atoms with E-state index in [9.17, 15) is 8.42 Å². The first-order valence-electron chi connectivity index (χ1n) is 7.71. The van der Waals surface area contributed by atoms with Crippen LogP contribution in [0.3, 0.4) is 0 Å². The number of fused-ring (bicyclic) bond motifs is 2. The number of aromatic nitrogens is 1. The average Bonchev–Trinajstić information content (AvgIpc) is 3.01. The number of nitrogens with zero attached hydrogens (tertiary/aromatic N) is 3. The fraction of sp³-hybridized carbons (Fsp3) is 0.533. The Kier molecular flexibility index (Phi) is 3.89. The van der Waals surface area contributed by atoms with E-state index in [1.807, 2.05) is 18.5 Å². The van der Waals surface area contributed by atoms with Crippen molar-refractivity contribution in [1.82, 2.24) is 14.2 Å². The molecule has 2 saturated heterocycles. The van der Waals surface area contributed by atoms with Gasteiger partial charge < -0.3 is 9.64 Å². The molecule has 4 heterocycles. The van der Waals surface area contributed by atoms with Crippen LogP contribution in [-0.4, -0.2) is 68.0 Å². The van der Waals surface area contributed by atoms with Gasteiger partial charge in [0.25, 0.3) is 0 Å². The second-order valence-electron chi connectivity index (χ2n) is 6.12. The van der Waals surface area contributed by atoms with Gasteiger partial charge >= 0.3 is 0 Å². The smallest absolute Gasteiger partial charge is 0.245 e. The summed E-state index contributed by atoms with van der Waals surface area (Å²) in [5.74, 6) is 0. The zero-order chi connectivity index (χ0) is 16.0. The van der Waals surface area contributed by atoms with E-state index in [2.05, 4.69) is 9.88 Å². The number of likely N-dealkylation sites (tertiary alicyclic amines) is 1. The molecule has 124 valence electrons. The second-order valence-corrected chi connectivity index (χ2v) is 8.96. The summed E-state index contributed by atoms with van der Waals surface area (Å²) in [5, 5.41) is 1.93. The Morgan fingerprint density at radius 2 is 2.26 bits per heavy atom. The topological polar surface area (TPSA) is 62.7 Å². The second kappa shape index (κ2) is 5.78. The molecule has 23 heavy (non-hydrogen) atoms. The molecule has 0 bridgehead atoms. The number of hydrogen-bond donors (Lipinski definition) is 0. The first-order chi connectivity index (χ1) is 11.1. The summed E-state index contributed by atoms with van der Waals surface area (Å²) in [5.41, 5.74) is 0.839. The highest BCUT2D eigenvalue weighted by atomic mass is 32.2. The van der Waals surface area contributed by atoms with Crippen LogP contribution in [0, 0.1) is 0 Å². The molecule has 0 aliphatic carbocycles. The fourth-order valence-corrected chi connectivity index (χ4v) is 5.85. The summed E-state index contributed by atoms with van der Waals surface area (Å²) in [6.45, 7) is 2.51. The van der Waals surface area contributed by atoms with Gasteiger partial charge in [-0.2, -0.15) is 4.31 Å². The van der Waals surface area contributed by atoms with Gasteiger partial charge in [0.2, 0.25) is 10.0 Å². The Morgan fingerprint density at radius 1 is 1.39 bits per heavy atom. The highest BCUT2D eigenvalue weighted by Gasteiger charge is 2.42. The Bertz CT molecular complexity index is 820. The molecular formula is C15H19N3O3S2. The summed E-state index contributed by atoms with van der Waals surface area (Å²) in [4.78, 5) is 6.73. The molecule has 2 aliphatic rings. The molecule has 4 rings (SSSR count). The molecule has 2 atom stereocenters. The number of sulfonamides is 1. The third-order valence-electron chi connectivity index (χ3n) is 4.62. The van der Waals surface area contributed by atoms with Gasteiger partial charge in [-0.1, -0.05) is 0 Å². The first-order valence-corrected chi connectivity index (χ1v) is 10.0. The van der Waals surface area contributed by atoms with Gasteiger partial charge in [-0.25, -0.2) is 8.42 Å². The van der Waals surface area contributed by atoms with E-state index in [0.29, 0.717) is 19.7 Å². The highest BCUT2D eigenvalue weighted by Crippen LogP contribution is 2.29. The number of ether oxygens (including phenoxy) is 1. The molecule has 0 spiro atoms. The molecule has 2 unspecified atom stereocenters. The summed E-state index contributed by atoms with van der Waals surface area (Å²) < 4.78 is 34.6. The standard InChI is InChI=1S/C15H19N3O3S2/c1-17-4-2-14-13(10-17)18(5-6-21-14)23(19,20)11-8-15-12(16-9-11)3-7-22-15/h3,7-9,13-14H,2,4-6,10H2,1H3. The van der Waals surface area contributed by atoms with Gasteiger partial charge in [0.15, 0.2) is 0 Å². The molecule has 2 aromatic heterocycles. The van der Waals surface area contributed by atoms with Crippen LogP contribution in [0.15, 0.2) is 28.6 Å². The summed E-state index contributed by atoms with van der Waals surface area (Å²) in [6.07, 6.45) is 2.34. The van der Waals surface area contributed by atoms with Crippen LogP contribution in [0.5, 0.6) is 0 Å². The maximum absolute atomic E-state index is 13.1. The van der Waals surface area contributed by atoms with Crippen LogP contribution >= 0.6 is 11.3 Å². The van der Waals surface area contributed by atoms with Gasteiger partial charge in [-0.15, -0.1) is 11.3 Å². The van der Waals surface area contributed by atoms with Crippen LogP contribution in [0.4, 0.5) is 0 Å². The molecule has 2 aromatic rings. The molecule has 6 nitrogen and oxygen atoms in total. The Morgan fingerprint density at radius 3 is 3.13 bits per heavy atom. The van der Waals surface area contributed by atoms with Gasteiger partial charge in [0, 0.05) is 25.8 Å². The number of pyridine rings is 1.